The Labute approximate surface area is 92.5 Å². The quantitative estimate of drug-likeness (QED) is 0.322. The van der Waals surface area contributed by atoms with Gasteiger partial charge in [0, 0.05) is 0 Å². The largest absolute Gasteiger partial charge is 0.455 e. The number of hydrogen-bond donors (Lipinski definition) is 0. The SMILES string of the molecule is C=Cc1ccccc1COC(=O)C(=O)C=O. The molecule has 1 rings (SSSR count). The number of esters is 1. The number of hydrogen-bond acceptors (Lipinski definition) is 4. The lowest BCUT2D eigenvalue weighted by Gasteiger charge is -2.05. The summed E-state index contributed by atoms with van der Waals surface area (Å²) in [5.74, 6) is -2.33. The summed E-state index contributed by atoms with van der Waals surface area (Å²) in [7, 11) is 0. The first-order valence-corrected chi connectivity index (χ1v) is 4.55. The maximum absolute atomic E-state index is 10.9. The highest BCUT2D eigenvalue weighted by atomic mass is 16.5. The predicted octanol–water partition coefficient (Wildman–Crippen LogP) is 1.14. The highest BCUT2D eigenvalue weighted by molar-refractivity contribution is 6.55. The van der Waals surface area contributed by atoms with Gasteiger partial charge in [0.05, 0.1) is 0 Å². The normalized spacial score (nSPS) is 9.25. The van der Waals surface area contributed by atoms with Crippen LogP contribution in [0.5, 0.6) is 0 Å². The Morgan fingerprint density at radius 1 is 1.31 bits per heavy atom. The zero-order chi connectivity index (χ0) is 12.0. The van der Waals surface area contributed by atoms with Crippen LogP contribution < -0.4 is 0 Å². The van der Waals surface area contributed by atoms with Crippen molar-refractivity contribution in [3.63, 3.8) is 0 Å². The Bertz CT molecular complexity index is 434. The topological polar surface area (TPSA) is 60.4 Å². The minimum Gasteiger partial charge on any atom is -0.455 e. The van der Waals surface area contributed by atoms with Crippen molar-refractivity contribution < 1.29 is 19.1 Å². The lowest BCUT2D eigenvalue weighted by molar-refractivity contribution is -0.155. The van der Waals surface area contributed by atoms with Crippen LogP contribution in [0, 0.1) is 0 Å². The minimum atomic E-state index is -1.18. The lowest BCUT2D eigenvalue weighted by Crippen LogP contribution is -2.18. The molecular weight excluding hydrogens is 208 g/mol. The number of ether oxygens (including phenoxy) is 1. The van der Waals surface area contributed by atoms with Crippen LogP contribution in [0.25, 0.3) is 6.08 Å². The van der Waals surface area contributed by atoms with E-state index in [1.54, 1.807) is 24.3 Å². The van der Waals surface area contributed by atoms with E-state index in [-0.39, 0.29) is 12.9 Å². The zero-order valence-electron chi connectivity index (χ0n) is 8.51. The Morgan fingerprint density at radius 3 is 2.62 bits per heavy atom. The van der Waals surface area contributed by atoms with Crippen molar-refractivity contribution >= 4 is 24.1 Å². The number of carbonyl (C=O) groups excluding carboxylic acids is 3. The maximum Gasteiger partial charge on any atom is 0.382 e. The molecule has 0 saturated carbocycles. The molecule has 0 spiro atoms. The average Bonchev–Trinajstić information content (AvgIpc) is 2.35. The van der Waals surface area contributed by atoms with E-state index in [0.29, 0.717) is 0 Å². The van der Waals surface area contributed by atoms with E-state index >= 15 is 0 Å². The van der Waals surface area contributed by atoms with Crippen LogP contribution in [0.3, 0.4) is 0 Å². The molecule has 0 unspecified atom stereocenters. The van der Waals surface area contributed by atoms with Crippen molar-refractivity contribution in [2.45, 2.75) is 6.61 Å². The Hall–Kier alpha value is -2.23. The first-order valence-electron chi connectivity index (χ1n) is 4.55. The molecule has 82 valence electrons. The zero-order valence-corrected chi connectivity index (χ0v) is 8.51. The third-order valence-corrected chi connectivity index (χ3v) is 1.94. The fourth-order valence-electron chi connectivity index (χ4n) is 1.13. The van der Waals surface area contributed by atoms with Crippen LogP contribution in [-0.4, -0.2) is 18.0 Å². The number of carbonyl (C=O) groups is 3. The molecule has 0 saturated heterocycles. The van der Waals surface area contributed by atoms with Crippen LogP contribution >= 0.6 is 0 Å². The molecule has 0 bridgehead atoms. The molecule has 4 nitrogen and oxygen atoms in total. The highest BCUT2D eigenvalue weighted by Crippen LogP contribution is 2.11. The van der Waals surface area contributed by atoms with E-state index in [9.17, 15) is 14.4 Å². The van der Waals surface area contributed by atoms with Gasteiger partial charge in [0.25, 0.3) is 0 Å². The number of rotatable bonds is 5. The molecule has 0 aliphatic heterocycles. The third-order valence-electron chi connectivity index (χ3n) is 1.94. The fourth-order valence-corrected chi connectivity index (χ4v) is 1.13. The summed E-state index contributed by atoms with van der Waals surface area (Å²) in [4.78, 5) is 31.6. The molecule has 0 aliphatic carbocycles. The second kappa shape index (κ2) is 5.60. The Balaban J connectivity index is 2.68. The molecule has 0 fully saturated rings. The van der Waals surface area contributed by atoms with Gasteiger partial charge in [-0.05, 0) is 11.1 Å². The van der Waals surface area contributed by atoms with Crippen molar-refractivity contribution in [2.75, 3.05) is 0 Å². The van der Waals surface area contributed by atoms with E-state index in [2.05, 4.69) is 11.3 Å². The van der Waals surface area contributed by atoms with Crippen molar-refractivity contribution in [2.24, 2.45) is 0 Å². The van der Waals surface area contributed by atoms with E-state index in [4.69, 9.17) is 0 Å². The number of Topliss-reactive ketones (excluding diaryl/α,β-unsaturated/α-hetero) is 1. The van der Waals surface area contributed by atoms with Gasteiger partial charge in [0.1, 0.15) is 6.61 Å². The third kappa shape index (κ3) is 2.88. The molecule has 1 aromatic carbocycles. The Morgan fingerprint density at radius 2 is 2.00 bits per heavy atom. The average molecular weight is 218 g/mol. The van der Waals surface area contributed by atoms with Crippen molar-refractivity contribution in [3.8, 4) is 0 Å². The van der Waals surface area contributed by atoms with Crippen LogP contribution in [0.15, 0.2) is 30.8 Å². The molecule has 0 aliphatic rings. The van der Waals surface area contributed by atoms with Gasteiger partial charge < -0.3 is 4.74 Å². The maximum atomic E-state index is 10.9. The highest BCUT2D eigenvalue weighted by Gasteiger charge is 2.14. The second-order valence-corrected chi connectivity index (χ2v) is 2.96. The van der Waals surface area contributed by atoms with Gasteiger partial charge in [-0.2, -0.15) is 0 Å². The summed E-state index contributed by atoms with van der Waals surface area (Å²) >= 11 is 0. The Kier molecular flexibility index (Phi) is 4.15. The van der Waals surface area contributed by atoms with Crippen molar-refractivity contribution in [3.05, 3.63) is 42.0 Å². The van der Waals surface area contributed by atoms with Gasteiger partial charge in [0.15, 0.2) is 6.29 Å². The molecular formula is C12H10O4. The van der Waals surface area contributed by atoms with Gasteiger partial charge in [-0.3, -0.25) is 9.59 Å². The molecule has 0 aromatic heterocycles. The van der Waals surface area contributed by atoms with Gasteiger partial charge >= 0.3 is 11.8 Å². The first kappa shape index (κ1) is 11.8. The molecule has 0 radical (unpaired) electrons. The van der Waals surface area contributed by atoms with Crippen LogP contribution in [-0.2, 0) is 25.7 Å². The smallest absolute Gasteiger partial charge is 0.382 e. The molecule has 0 N–H and O–H groups in total. The van der Waals surface area contributed by atoms with Crippen LogP contribution in [0.1, 0.15) is 11.1 Å². The summed E-state index contributed by atoms with van der Waals surface area (Å²) in [6.45, 7) is 3.55. The lowest BCUT2D eigenvalue weighted by atomic mass is 10.1. The molecule has 0 amide bonds. The van der Waals surface area contributed by atoms with Gasteiger partial charge in [-0.1, -0.05) is 36.9 Å². The van der Waals surface area contributed by atoms with Gasteiger partial charge in [0.2, 0.25) is 0 Å². The van der Waals surface area contributed by atoms with E-state index in [1.807, 2.05) is 6.07 Å². The van der Waals surface area contributed by atoms with Crippen LogP contribution in [0.2, 0.25) is 0 Å². The summed E-state index contributed by atoms with van der Waals surface area (Å²) in [6.07, 6.45) is 1.55. The number of aldehydes is 1. The standard InChI is InChI=1S/C12H10O4/c1-2-9-5-3-4-6-10(9)8-16-12(15)11(14)7-13/h2-7H,1,8H2. The summed E-state index contributed by atoms with van der Waals surface area (Å²) in [5.41, 5.74) is 1.54. The fraction of sp³-hybridized carbons (Fsp3) is 0.0833. The molecule has 1 aromatic rings. The second-order valence-electron chi connectivity index (χ2n) is 2.96. The van der Waals surface area contributed by atoms with Gasteiger partial charge in [-0.15, -0.1) is 0 Å². The molecule has 16 heavy (non-hydrogen) atoms. The monoisotopic (exact) mass is 218 g/mol. The molecule has 4 heteroatoms. The van der Waals surface area contributed by atoms with E-state index < -0.39 is 11.8 Å². The summed E-state index contributed by atoms with van der Waals surface area (Å²) < 4.78 is 4.66. The number of benzene rings is 1. The predicted molar refractivity (Wildman–Crippen MR) is 57.4 cm³/mol. The first-order chi connectivity index (χ1) is 7.69. The van der Waals surface area contributed by atoms with E-state index in [0.717, 1.165) is 11.1 Å². The minimum absolute atomic E-state index is 0.0550. The van der Waals surface area contributed by atoms with Crippen molar-refractivity contribution in [1.29, 1.82) is 0 Å². The summed E-state index contributed by atoms with van der Waals surface area (Å²) in [6, 6.07) is 7.14. The molecule has 0 atom stereocenters. The van der Waals surface area contributed by atoms with Crippen LogP contribution in [0.4, 0.5) is 0 Å². The van der Waals surface area contributed by atoms with E-state index in [1.165, 1.54) is 0 Å². The molecule has 0 heterocycles. The van der Waals surface area contributed by atoms with Gasteiger partial charge in [-0.25, -0.2) is 4.79 Å². The number of ketones is 1. The summed E-state index contributed by atoms with van der Waals surface area (Å²) in [5, 5.41) is 0. The van der Waals surface area contributed by atoms with Crippen molar-refractivity contribution in [1.82, 2.24) is 0 Å².